The molecule has 2 heteroatoms. The molecule has 0 spiro atoms. The van der Waals surface area contributed by atoms with Gasteiger partial charge in [0.2, 0.25) is 0 Å². The average molecular weight is 198 g/mol. The lowest BCUT2D eigenvalue weighted by Gasteiger charge is -2.21. The number of methoxy groups -OCH3 is 1. The molecule has 0 amide bonds. The average Bonchev–Trinajstić information content (AvgIpc) is 2.16. The van der Waals surface area contributed by atoms with Gasteiger partial charge in [0.15, 0.2) is 0 Å². The maximum Gasteiger partial charge on any atom is 0.142 e. The molecule has 2 atom stereocenters. The third kappa shape index (κ3) is 5.92. The van der Waals surface area contributed by atoms with Crippen LogP contribution in [-0.4, -0.2) is 19.5 Å². The fourth-order valence-electron chi connectivity index (χ4n) is 1.26. The number of ether oxygens (including phenoxy) is 1. The van der Waals surface area contributed by atoms with E-state index in [-0.39, 0.29) is 6.10 Å². The maximum absolute atomic E-state index is 10.1. The van der Waals surface area contributed by atoms with Gasteiger partial charge in [-0.1, -0.05) is 26.8 Å². The van der Waals surface area contributed by atoms with Gasteiger partial charge in [0.05, 0.1) is 6.10 Å². The van der Waals surface area contributed by atoms with Gasteiger partial charge in [0, 0.05) is 7.11 Å². The molecule has 0 rings (SSSR count). The van der Waals surface area contributed by atoms with Gasteiger partial charge in [-0.25, -0.2) is 0 Å². The van der Waals surface area contributed by atoms with Crippen molar-refractivity contribution in [1.82, 2.24) is 0 Å². The van der Waals surface area contributed by atoms with Crippen LogP contribution in [0.1, 0.15) is 33.6 Å². The summed E-state index contributed by atoms with van der Waals surface area (Å²) < 4.78 is 5.35. The molecule has 0 aromatic heterocycles. The molecule has 14 heavy (non-hydrogen) atoms. The molecule has 0 aromatic rings. The highest BCUT2D eigenvalue weighted by atomic mass is 16.5. The van der Waals surface area contributed by atoms with Crippen molar-refractivity contribution in [3.63, 3.8) is 0 Å². The van der Waals surface area contributed by atoms with Crippen LogP contribution >= 0.6 is 0 Å². The van der Waals surface area contributed by atoms with Gasteiger partial charge in [-0.05, 0) is 30.8 Å². The number of aldehydes is 1. The third-order valence-corrected chi connectivity index (χ3v) is 2.72. The number of hydrogen-bond acceptors (Lipinski definition) is 2. The van der Waals surface area contributed by atoms with Crippen molar-refractivity contribution in [2.24, 2.45) is 11.8 Å². The van der Waals surface area contributed by atoms with Crippen molar-refractivity contribution < 1.29 is 9.53 Å². The van der Waals surface area contributed by atoms with Crippen LogP contribution in [0.5, 0.6) is 0 Å². The standard InChI is InChI=1S/C12H22O2/c1-10(2)11(3)9-12(14-4)7-5-6-8-13/h5-6,8,10-12H,7,9H2,1-4H3. The lowest BCUT2D eigenvalue weighted by molar-refractivity contribution is -0.104. The molecule has 0 aliphatic heterocycles. The topological polar surface area (TPSA) is 26.3 Å². The van der Waals surface area contributed by atoms with Gasteiger partial charge in [-0.2, -0.15) is 0 Å². The van der Waals surface area contributed by atoms with Crippen LogP contribution in [0.3, 0.4) is 0 Å². The largest absolute Gasteiger partial charge is 0.381 e. The Bertz CT molecular complexity index is 173. The second kappa shape index (κ2) is 7.74. The fourth-order valence-corrected chi connectivity index (χ4v) is 1.26. The Morgan fingerprint density at radius 1 is 1.29 bits per heavy atom. The van der Waals surface area contributed by atoms with Crippen LogP contribution in [-0.2, 0) is 9.53 Å². The zero-order valence-electron chi connectivity index (χ0n) is 9.69. The van der Waals surface area contributed by atoms with Crippen molar-refractivity contribution in [1.29, 1.82) is 0 Å². The first-order chi connectivity index (χ1) is 6.61. The summed E-state index contributed by atoms with van der Waals surface area (Å²) in [4.78, 5) is 10.1. The van der Waals surface area contributed by atoms with Crippen molar-refractivity contribution in [2.45, 2.75) is 39.7 Å². The number of hydrogen-bond donors (Lipinski definition) is 0. The molecular formula is C12H22O2. The Balaban J connectivity index is 3.89. The molecule has 0 fully saturated rings. The molecule has 0 heterocycles. The third-order valence-electron chi connectivity index (χ3n) is 2.72. The van der Waals surface area contributed by atoms with Crippen molar-refractivity contribution in [3.8, 4) is 0 Å². The Hall–Kier alpha value is -0.630. The Morgan fingerprint density at radius 3 is 2.36 bits per heavy atom. The van der Waals surface area contributed by atoms with Crippen molar-refractivity contribution in [3.05, 3.63) is 12.2 Å². The first kappa shape index (κ1) is 13.4. The minimum absolute atomic E-state index is 0.239. The van der Waals surface area contributed by atoms with E-state index in [9.17, 15) is 4.79 Å². The normalized spacial score (nSPS) is 16.1. The van der Waals surface area contributed by atoms with Gasteiger partial charge in [0.25, 0.3) is 0 Å². The molecule has 2 nitrogen and oxygen atoms in total. The monoisotopic (exact) mass is 198 g/mol. The lowest BCUT2D eigenvalue weighted by atomic mass is 9.91. The molecule has 0 radical (unpaired) electrons. The lowest BCUT2D eigenvalue weighted by Crippen LogP contribution is -2.17. The van der Waals surface area contributed by atoms with Crippen molar-refractivity contribution >= 4 is 6.29 Å². The minimum atomic E-state index is 0.239. The first-order valence-corrected chi connectivity index (χ1v) is 5.24. The molecule has 0 saturated carbocycles. The van der Waals surface area contributed by atoms with Gasteiger partial charge >= 0.3 is 0 Å². The Kier molecular flexibility index (Phi) is 7.40. The molecule has 0 saturated heterocycles. The molecular weight excluding hydrogens is 176 g/mol. The zero-order valence-corrected chi connectivity index (χ0v) is 9.69. The molecule has 2 unspecified atom stereocenters. The predicted molar refractivity (Wildman–Crippen MR) is 59.2 cm³/mol. The second-order valence-corrected chi connectivity index (χ2v) is 4.11. The fraction of sp³-hybridized carbons (Fsp3) is 0.750. The van der Waals surface area contributed by atoms with Gasteiger partial charge in [-0.15, -0.1) is 0 Å². The van der Waals surface area contributed by atoms with Gasteiger partial charge in [0.1, 0.15) is 6.29 Å². The number of carbonyl (C=O) groups excluding carboxylic acids is 1. The summed E-state index contributed by atoms with van der Waals surface area (Å²) in [6.07, 6.45) is 6.33. The number of allylic oxidation sites excluding steroid dienone is 1. The van der Waals surface area contributed by atoms with Crippen LogP contribution < -0.4 is 0 Å². The van der Waals surface area contributed by atoms with E-state index in [2.05, 4.69) is 20.8 Å². The molecule has 0 aliphatic carbocycles. The SMILES string of the molecule is COC(CC=CC=O)CC(C)C(C)C. The van der Waals surface area contributed by atoms with E-state index in [0.717, 1.165) is 19.1 Å². The first-order valence-electron chi connectivity index (χ1n) is 5.24. The summed E-state index contributed by atoms with van der Waals surface area (Å²) in [6.45, 7) is 6.68. The summed E-state index contributed by atoms with van der Waals surface area (Å²) in [5.74, 6) is 1.34. The van der Waals surface area contributed by atoms with E-state index in [0.29, 0.717) is 11.8 Å². The smallest absolute Gasteiger partial charge is 0.142 e. The summed E-state index contributed by atoms with van der Waals surface area (Å²) in [5, 5.41) is 0. The summed E-state index contributed by atoms with van der Waals surface area (Å²) in [5.41, 5.74) is 0. The summed E-state index contributed by atoms with van der Waals surface area (Å²) in [6, 6.07) is 0. The highest BCUT2D eigenvalue weighted by molar-refractivity contribution is 5.64. The Morgan fingerprint density at radius 2 is 1.93 bits per heavy atom. The van der Waals surface area contributed by atoms with Gasteiger partial charge < -0.3 is 4.74 Å². The van der Waals surface area contributed by atoms with E-state index < -0.39 is 0 Å². The molecule has 0 bridgehead atoms. The molecule has 0 aromatic carbocycles. The van der Waals surface area contributed by atoms with E-state index in [4.69, 9.17) is 4.74 Å². The Labute approximate surface area is 87.3 Å². The zero-order chi connectivity index (χ0) is 11.0. The van der Waals surface area contributed by atoms with Crippen LogP contribution in [0.15, 0.2) is 12.2 Å². The highest BCUT2D eigenvalue weighted by Gasteiger charge is 2.13. The minimum Gasteiger partial charge on any atom is -0.381 e. The van der Waals surface area contributed by atoms with E-state index in [1.54, 1.807) is 7.11 Å². The van der Waals surface area contributed by atoms with Crippen LogP contribution in [0.25, 0.3) is 0 Å². The number of rotatable bonds is 7. The van der Waals surface area contributed by atoms with Gasteiger partial charge in [-0.3, -0.25) is 4.79 Å². The predicted octanol–water partition coefficient (Wildman–Crippen LogP) is 2.83. The maximum atomic E-state index is 10.1. The molecule has 82 valence electrons. The summed E-state index contributed by atoms with van der Waals surface area (Å²) >= 11 is 0. The van der Waals surface area contributed by atoms with Crippen LogP contribution in [0, 0.1) is 11.8 Å². The quantitative estimate of drug-likeness (QED) is 0.464. The number of carbonyl (C=O) groups is 1. The van der Waals surface area contributed by atoms with E-state index in [1.807, 2.05) is 6.08 Å². The highest BCUT2D eigenvalue weighted by Crippen LogP contribution is 2.19. The molecule has 0 N–H and O–H groups in total. The van der Waals surface area contributed by atoms with Crippen LogP contribution in [0.4, 0.5) is 0 Å². The van der Waals surface area contributed by atoms with Crippen molar-refractivity contribution in [2.75, 3.05) is 7.11 Å². The van der Waals surface area contributed by atoms with E-state index >= 15 is 0 Å². The summed E-state index contributed by atoms with van der Waals surface area (Å²) in [7, 11) is 1.73. The molecule has 0 aliphatic rings. The van der Waals surface area contributed by atoms with Crippen LogP contribution in [0.2, 0.25) is 0 Å². The second-order valence-electron chi connectivity index (χ2n) is 4.11. The van der Waals surface area contributed by atoms with E-state index in [1.165, 1.54) is 6.08 Å².